The molecule has 0 aromatic rings. The first-order chi connectivity index (χ1) is 11.3. The molecular formula is C19H33BrO3. The number of carbonyl (C=O) groups excluding carboxylic acids is 1. The molecule has 0 rings (SSSR count). The SMILES string of the molecule is CCCCCC#CCCOCCCC(=O)OCCCCCCBr. The van der Waals surface area contributed by atoms with Gasteiger partial charge in [-0.2, -0.15) is 0 Å². The molecular weight excluding hydrogens is 356 g/mol. The summed E-state index contributed by atoms with van der Waals surface area (Å²) in [6, 6.07) is 0. The van der Waals surface area contributed by atoms with Crippen LogP contribution in [-0.2, 0) is 14.3 Å². The Kier molecular flexibility index (Phi) is 19.1. The molecule has 0 unspecified atom stereocenters. The smallest absolute Gasteiger partial charge is 0.305 e. The number of hydrogen-bond donors (Lipinski definition) is 0. The minimum absolute atomic E-state index is 0.107. The molecule has 0 atom stereocenters. The second-order valence-corrected chi connectivity index (χ2v) is 6.39. The highest BCUT2D eigenvalue weighted by Crippen LogP contribution is 2.03. The third-order valence-corrected chi connectivity index (χ3v) is 3.92. The van der Waals surface area contributed by atoms with Gasteiger partial charge < -0.3 is 9.47 Å². The Balaban J connectivity index is 3.23. The minimum atomic E-state index is -0.107. The van der Waals surface area contributed by atoms with Crippen LogP contribution in [0, 0.1) is 11.8 Å². The first-order valence-electron chi connectivity index (χ1n) is 9.06. The van der Waals surface area contributed by atoms with E-state index in [-0.39, 0.29) is 5.97 Å². The molecule has 0 bridgehead atoms. The third-order valence-electron chi connectivity index (χ3n) is 3.36. The zero-order valence-corrected chi connectivity index (χ0v) is 16.3. The Hall–Kier alpha value is -0.530. The quantitative estimate of drug-likeness (QED) is 0.166. The standard InChI is InChI=1S/C19H33BrO3/c1-2-3-4-5-6-8-11-16-22-17-13-14-19(21)23-18-12-9-7-10-15-20/h2-5,7,9-18H2,1H3. The summed E-state index contributed by atoms with van der Waals surface area (Å²) in [5, 5.41) is 1.05. The maximum atomic E-state index is 11.5. The van der Waals surface area contributed by atoms with Crippen molar-refractivity contribution in [3.63, 3.8) is 0 Å². The lowest BCUT2D eigenvalue weighted by atomic mass is 10.2. The molecule has 0 spiro atoms. The van der Waals surface area contributed by atoms with E-state index < -0.39 is 0 Å². The maximum Gasteiger partial charge on any atom is 0.305 e. The summed E-state index contributed by atoms with van der Waals surface area (Å²) in [6.45, 7) is 4.01. The molecule has 0 aromatic heterocycles. The van der Waals surface area contributed by atoms with Crippen LogP contribution in [0.5, 0.6) is 0 Å². The zero-order valence-electron chi connectivity index (χ0n) is 14.7. The van der Waals surface area contributed by atoms with Gasteiger partial charge in [0, 0.05) is 31.2 Å². The van der Waals surface area contributed by atoms with E-state index in [9.17, 15) is 4.79 Å². The van der Waals surface area contributed by atoms with Gasteiger partial charge >= 0.3 is 5.97 Å². The normalized spacial score (nSPS) is 10.2. The Bertz CT molecular complexity index is 320. The first-order valence-corrected chi connectivity index (χ1v) is 10.2. The highest BCUT2D eigenvalue weighted by Gasteiger charge is 2.02. The van der Waals surface area contributed by atoms with Crippen molar-refractivity contribution in [1.29, 1.82) is 0 Å². The van der Waals surface area contributed by atoms with Crippen molar-refractivity contribution in [1.82, 2.24) is 0 Å². The van der Waals surface area contributed by atoms with E-state index in [0.29, 0.717) is 26.2 Å². The molecule has 0 aromatic carbocycles. The summed E-state index contributed by atoms with van der Waals surface area (Å²) in [5.74, 6) is 6.18. The van der Waals surface area contributed by atoms with Crippen molar-refractivity contribution in [2.75, 3.05) is 25.2 Å². The largest absolute Gasteiger partial charge is 0.466 e. The summed E-state index contributed by atoms with van der Waals surface area (Å²) < 4.78 is 10.7. The van der Waals surface area contributed by atoms with Crippen LogP contribution in [0.15, 0.2) is 0 Å². The van der Waals surface area contributed by atoms with Gasteiger partial charge in [-0.3, -0.25) is 4.79 Å². The van der Waals surface area contributed by atoms with Gasteiger partial charge in [0.25, 0.3) is 0 Å². The van der Waals surface area contributed by atoms with E-state index in [2.05, 4.69) is 34.7 Å². The van der Waals surface area contributed by atoms with E-state index in [0.717, 1.165) is 37.4 Å². The molecule has 0 N–H and O–H groups in total. The lowest BCUT2D eigenvalue weighted by molar-refractivity contribution is -0.144. The number of carbonyl (C=O) groups is 1. The van der Waals surface area contributed by atoms with Gasteiger partial charge in [0.05, 0.1) is 13.2 Å². The Morgan fingerprint density at radius 2 is 1.65 bits per heavy atom. The van der Waals surface area contributed by atoms with Gasteiger partial charge in [-0.15, -0.1) is 11.8 Å². The summed E-state index contributed by atoms with van der Waals surface area (Å²) in [4.78, 5) is 11.5. The molecule has 0 saturated carbocycles. The zero-order chi connectivity index (χ0) is 17.0. The number of alkyl halides is 1. The van der Waals surface area contributed by atoms with Crippen molar-refractivity contribution in [2.24, 2.45) is 0 Å². The molecule has 0 amide bonds. The third kappa shape index (κ3) is 19.4. The lowest BCUT2D eigenvalue weighted by Crippen LogP contribution is -2.07. The van der Waals surface area contributed by atoms with E-state index in [1.54, 1.807) is 0 Å². The summed E-state index contributed by atoms with van der Waals surface area (Å²) in [6.07, 6.45) is 11.1. The van der Waals surface area contributed by atoms with E-state index in [1.165, 1.54) is 32.1 Å². The van der Waals surface area contributed by atoms with Gasteiger partial charge in [0.1, 0.15) is 0 Å². The molecule has 0 heterocycles. The highest BCUT2D eigenvalue weighted by atomic mass is 79.9. The van der Waals surface area contributed by atoms with Gasteiger partial charge in [-0.25, -0.2) is 0 Å². The predicted octanol–water partition coefficient (Wildman–Crippen LogP) is 5.26. The van der Waals surface area contributed by atoms with E-state index in [1.807, 2.05) is 0 Å². The number of hydrogen-bond acceptors (Lipinski definition) is 3. The molecule has 0 saturated heterocycles. The molecule has 0 fully saturated rings. The van der Waals surface area contributed by atoms with Crippen molar-refractivity contribution in [3.05, 3.63) is 0 Å². The van der Waals surface area contributed by atoms with Crippen LogP contribution in [0.2, 0.25) is 0 Å². The molecule has 23 heavy (non-hydrogen) atoms. The van der Waals surface area contributed by atoms with Gasteiger partial charge in [-0.1, -0.05) is 48.5 Å². The second kappa shape index (κ2) is 19.5. The molecule has 0 aliphatic rings. The Morgan fingerprint density at radius 1 is 0.870 bits per heavy atom. The lowest BCUT2D eigenvalue weighted by Gasteiger charge is -2.05. The molecule has 3 nitrogen and oxygen atoms in total. The van der Waals surface area contributed by atoms with Crippen LogP contribution in [0.3, 0.4) is 0 Å². The van der Waals surface area contributed by atoms with Crippen LogP contribution >= 0.6 is 15.9 Å². The fraction of sp³-hybridized carbons (Fsp3) is 0.842. The van der Waals surface area contributed by atoms with Crippen molar-refractivity contribution >= 4 is 21.9 Å². The maximum absolute atomic E-state index is 11.5. The van der Waals surface area contributed by atoms with Crippen LogP contribution < -0.4 is 0 Å². The molecule has 0 radical (unpaired) electrons. The van der Waals surface area contributed by atoms with Crippen LogP contribution in [0.25, 0.3) is 0 Å². The topological polar surface area (TPSA) is 35.5 Å². The minimum Gasteiger partial charge on any atom is -0.466 e. The Morgan fingerprint density at radius 3 is 2.43 bits per heavy atom. The first kappa shape index (κ1) is 22.5. The van der Waals surface area contributed by atoms with Gasteiger partial charge in [-0.05, 0) is 25.7 Å². The summed E-state index contributed by atoms with van der Waals surface area (Å²) in [7, 11) is 0. The number of ether oxygens (including phenoxy) is 2. The monoisotopic (exact) mass is 388 g/mol. The average molecular weight is 389 g/mol. The Labute approximate surface area is 151 Å². The molecule has 134 valence electrons. The number of halogens is 1. The van der Waals surface area contributed by atoms with Crippen LogP contribution in [-0.4, -0.2) is 31.1 Å². The molecule has 4 heteroatoms. The number of rotatable bonds is 15. The van der Waals surface area contributed by atoms with Crippen LogP contribution in [0.1, 0.15) is 77.6 Å². The summed E-state index contributed by atoms with van der Waals surface area (Å²) in [5.41, 5.74) is 0. The predicted molar refractivity (Wildman–Crippen MR) is 99.8 cm³/mol. The van der Waals surface area contributed by atoms with E-state index in [4.69, 9.17) is 9.47 Å². The molecule has 0 aliphatic heterocycles. The van der Waals surface area contributed by atoms with Gasteiger partial charge in [0.15, 0.2) is 0 Å². The van der Waals surface area contributed by atoms with Crippen molar-refractivity contribution in [2.45, 2.75) is 77.6 Å². The highest BCUT2D eigenvalue weighted by molar-refractivity contribution is 9.09. The fourth-order valence-corrected chi connectivity index (χ4v) is 2.39. The molecule has 0 aliphatic carbocycles. The van der Waals surface area contributed by atoms with Crippen LogP contribution in [0.4, 0.5) is 0 Å². The van der Waals surface area contributed by atoms with E-state index >= 15 is 0 Å². The number of unbranched alkanes of at least 4 members (excludes halogenated alkanes) is 6. The second-order valence-electron chi connectivity index (χ2n) is 5.60. The average Bonchev–Trinajstić information content (AvgIpc) is 2.56. The fourth-order valence-electron chi connectivity index (χ4n) is 1.99. The van der Waals surface area contributed by atoms with Crippen molar-refractivity contribution in [3.8, 4) is 11.8 Å². The number of esters is 1. The van der Waals surface area contributed by atoms with Crippen molar-refractivity contribution < 1.29 is 14.3 Å². The van der Waals surface area contributed by atoms with Gasteiger partial charge in [0.2, 0.25) is 0 Å². The summed E-state index contributed by atoms with van der Waals surface area (Å²) >= 11 is 3.40.